The first kappa shape index (κ1) is 15.2. The van der Waals surface area contributed by atoms with E-state index in [1.807, 2.05) is 11.0 Å². The van der Waals surface area contributed by atoms with Gasteiger partial charge in [0.15, 0.2) is 0 Å². The lowest BCUT2D eigenvalue weighted by Crippen LogP contribution is -2.35. The molecule has 2 atom stereocenters. The number of nitrogens with one attached hydrogen (secondary N) is 1. The first-order chi connectivity index (χ1) is 11.1. The number of carboxylic acid groups (broad SMARTS) is 1. The first-order valence-corrected chi connectivity index (χ1v) is 7.44. The van der Waals surface area contributed by atoms with Crippen molar-refractivity contribution < 1.29 is 15.0 Å². The summed E-state index contributed by atoms with van der Waals surface area (Å²) in [5, 5.41) is 22.7. The summed E-state index contributed by atoms with van der Waals surface area (Å²) in [5.41, 5.74) is 0.935. The number of aliphatic hydroxyl groups is 1. The molecule has 0 aliphatic carbocycles. The topological polar surface area (TPSA) is 98.6 Å². The molecule has 3 rings (SSSR count). The fourth-order valence-corrected chi connectivity index (χ4v) is 2.76. The van der Waals surface area contributed by atoms with Crippen LogP contribution in [0.15, 0.2) is 42.7 Å². The summed E-state index contributed by atoms with van der Waals surface area (Å²) in [6.07, 6.45) is 3.45. The Morgan fingerprint density at radius 1 is 1.30 bits per heavy atom. The van der Waals surface area contributed by atoms with Crippen molar-refractivity contribution in [1.82, 2.24) is 9.97 Å². The zero-order valence-corrected chi connectivity index (χ0v) is 12.5. The van der Waals surface area contributed by atoms with Gasteiger partial charge in [-0.05, 0) is 30.7 Å². The smallest absolute Gasteiger partial charge is 0.335 e. The number of carbonyl (C=O) groups is 1. The third-order valence-corrected chi connectivity index (χ3v) is 3.99. The average Bonchev–Trinajstić information content (AvgIpc) is 2.95. The molecule has 0 amide bonds. The lowest BCUT2D eigenvalue weighted by molar-refractivity contribution is 0.0696. The van der Waals surface area contributed by atoms with Gasteiger partial charge in [-0.25, -0.2) is 14.8 Å². The average molecular weight is 314 g/mol. The Bertz CT molecular complexity index is 680. The highest BCUT2D eigenvalue weighted by molar-refractivity contribution is 5.88. The Balaban J connectivity index is 1.65. The van der Waals surface area contributed by atoms with Crippen LogP contribution in [0.2, 0.25) is 0 Å². The van der Waals surface area contributed by atoms with Crippen molar-refractivity contribution >= 4 is 17.6 Å². The minimum absolute atomic E-state index is 0.0206. The van der Waals surface area contributed by atoms with Crippen LogP contribution in [0.4, 0.5) is 11.6 Å². The van der Waals surface area contributed by atoms with Gasteiger partial charge in [0.1, 0.15) is 6.23 Å². The maximum absolute atomic E-state index is 11.1. The molecule has 1 saturated heterocycles. The second kappa shape index (κ2) is 6.62. The van der Waals surface area contributed by atoms with Crippen LogP contribution < -0.4 is 10.2 Å². The molecule has 0 spiro atoms. The molecule has 1 aliphatic heterocycles. The van der Waals surface area contributed by atoms with E-state index in [-0.39, 0.29) is 11.5 Å². The van der Waals surface area contributed by atoms with E-state index in [2.05, 4.69) is 15.3 Å². The Kier molecular flexibility index (Phi) is 4.38. The Morgan fingerprint density at radius 2 is 2.09 bits per heavy atom. The molecule has 2 heterocycles. The number of benzene rings is 1. The molecule has 3 N–H and O–H groups in total. The van der Waals surface area contributed by atoms with Crippen molar-refractivity contribution in [1.29, 1.82) is 0 Å². The molecular weight excluding hydrogens is 296 g/mol. The van der Waals surface area contributed by atoms with Gasteiger partial charge < -0.3 is 20.4 Å². The Hall–Kier alpha value is -2.67. The number of hydrogen-bond acceptors (Lipinski definition) is 6. The molecular formula is C16H18N4O3. The normalized spacial score (nSPS) is 20.5. The molecule has 1 aliphatic rings. The molecule has 1 aromatic heterocycles. The van der Waals surface area contributed by atoms with Crippen LogP contribution in [0, 0.1) is 5.92 Å². The lowest BCUT2D eigenvalue weighted by Gasteiger charge is -2.25. The maximum Gasteiger partial charge on any atom is 0.335 e. The predicted octanol–water partition coefficient (Wildman–Crippen LogP) is 1.43. The summed E-state index contributed by atoms with van der Waals surface area (Å²) in [4.78, 5) is 21.1. The number of hydrogen-bond donors (Lipinski definition) is 3. The quantitative estimate of drug-likeness (QED) is 0.768. The van der Waals surface area contributed by atoms with Crippen LogP contribution >= 0.6 is 0 Å². The van der Waals surface area contributed by atoms with Gasteiger partial charge in [-0.2, -0.15) is 0 Å². The largest absolute Gasteiger partial charge is 0.478 e. The van der Waals surface area contributed by atoms with Crippen LogP contribution in [0.1, 0.15) is 16.8 Å². The fourth-order valence-electron chi connectivity index (χ4n) is 2.76. The molecule has 0 radical (unpaired) electrons. The zero-order valence-electron chi connectivity index (χ0n) is 12.5. The molecule has 2 aromatic rings. The van der Waals surface area contributed by atoms with Crippen molar-refractivity contribution in [3.05, 3.63) is 48.3 Å². The molecule has 0 saturated carbocycles. The van der Waals surface area contributed by atoms with Crippen molar-refractivity contribution in [2.75, 3.05) is 23.3 Å². The number of nitrogens with zero attached hydrogens (tertiary/aromatic N) is 3. The maximum atomic E-state index is 11.1. The number of aromatic carboxylic acids is 1. The van der Waals surface area contributed by atoms with Crippen LogP contribution in [-0.2, 0) is 0 Å². The van der Waals surface area contributed by atoms with E-state index >= 15 is 0 Å². The molecule has 23 heavy (non-hydrogen) atoms. The first-order valence-electron chi connectivity index (χ1n) is 7.44. The van der Waals surface area contributed by atoms with Gasteiger partial charge in [0.25, 0.3) is 0 Å². The van der Waals surface area contributed by atoms with Crippen molar-refractivity contribution in [2.24, 2.45) is 5.92 Å². The van der Waals surface area contributed by atoms with Gasteiger partial charge in [-0.3, -0.25) is 0 Å². The van der Waals surface area contributed by atoms with Crippen molar-refractivity contribution in [3.8, 4) is 0 Å². The predicted molar refractivity (Wildman–Crippen MR) is 85.4 cm³/mol. The summed E-state index contributed by atoms with van der Waals surface area (Å²) >= 11 is 0. The van der Waals surface area contributed by atoms with Gasteiger partial charge in [-0.15, -0.1) is 0 Å². The highest BCUT2D eigenvalue weighted by atomic mass is 16.4. The van der Waals surface area contributed by atoms with Crippen molar-refractivity contribution in [3.63, 3.8) is 0 Å². The summed E-state index contributed by atoms with van der Waals surface area (Å²) in [7, 11) is 0. The monoisotopic (exact) mass is 314 g/mol. The fraction of sp³-hybridized carbons (Fsp3) is 0.312. The third kappa shape index (κ3) is 3.40. The minimum atomic E-state index is -0.972. The summed E-state index contributed by atoms with van der Waals surface area (Å²) < 4.78 is 0. The van der Waals surface area contributed by atoms with Gasteiger partial charge in [-0.1, -0.05) is 6.07 Å². The molecule has 120 valence electrons. The standard InChI is InChI=1S/C16H18N4O3/c21-14-12(10-19-16-17-6-2-7-18-16)5-8-20(14)13-4-1-3-11(9-13)15(22)23/h1-4,6-7,9,12,14,21H,5,8,10H2,(H,22,23)(H,17,18,19)/t12-,14-/m0/s1. The molecule has 7 heteroatoms. The van der Waals surface area contributed by atoms with Crippen molar-refractivity contribution in [2.45, 2.75) is 12.6 Å². The van der Waals surface area contributed by atoms with Crippen LogP contribution in [-0.4, -0.2) is 45.5 Å². The second-order valence-corrected chi connectivity index (χ2v) is 5.46. The van der Waals surface area contributed by atoms with Crippen LogP contribution in [0.3, 0.4) is 0 Å². The zero-order chi connectivity index (χ0) is 16.2. The highest BCUT2D eigenvalue weighted by Crippen LogP contribution is 2.29. The Labute approximate surface area is 133 Å². The van der Waals surface area contributed by atoms with E-state index < -0.39 is 12.2 Å². The highest BCUT2D eigenvalue weighted by Gasteiger charge is 2.32. The van der Waals surface area contributed by atoms with E-state index in [1.54, 1.807) is 36.7 Å². The van der Waals surface area contributed by atoms with E-state index in [4.69, 9.17) is 5.11 Å². The summed E-state index contributed by atoms with van der Waals surface area (Å²) in [5.74, 6) is -0.418. The second-order valence-electron chi connectivity index (χ2n) is 5.46. The number of carboxylic acids is 1. The van der Waals surface area contributed by atoms with E-state index in [9.17, 15) is 9.90 Å². The van der Waals surface area contributed by atoms with Gasteiger partial charge >= 0.3 is 5.97 Å². The number of aliphatic hydroxyl groups excluding tert-OH is 1. The van der Waals surface area contributed by atoms with Crippen LogP contribution in [0.25, 0.3) is 0 Å². The Morgan fingerprint density at radius 3 is 2.83 bits per heavy atom. The summed E-state index contributed by atoms with van der Waals surface area (Å²) in [6, 6.07) is 8.37. The molecule has 1 fully saturated rings. The minimum Gasteiger partial charge on any atom is -0.478 e. The van der Waals surface area contributed by atoms with Gasteiger partial charge in [0.05, 0.1) is 5.56 Å². The lowest BCUT2D eigenvalue weighted by atomic mass is 10.1. The number of rotatable bonds is 5. The number of anilines is 2. The van der Waals surface area contributed by atoms with Gasteiger partial charge in [0.2, 0.25) is 5.95 Å². The molecule has 7 nitrogen and oxygen atoms in total. The summed E-state index contributed by atoms with van der Waals surface area (Å²) in [6.45, 7) is 1.23. The molecule has 1 aromatic carbocycles. The van der Waals surface area contributed by atoms with E-state index in [0.29, 0.717) is 19.0 Å². The van der Waals surface area contributed by atoms with Crippen LogP contribution in [0.5, 0.6) is 0 Å². The van der Waals surface area contributed by atoms with E-state index in [0.717, 1.165) is 12.1 Å². The third-order valence-electron chi connectivity index (χ3n) is 3.99. The number of aromatic nitrogens is 2. The SMILES string of the molecule is O=C(O)c1cccc(N2CC[C@@H](CNc3ncccn3)[C@@H]2O)c1. The van der Waals surface area contributed by atoms with E-state index in [1.165, 1.54) is 0 Å². The molecule has 0 bridgehead atoms. The molecule has 0 unspecified atom stereocenters. The van der Waals surface area contributed by atoms with Gasteiger partial charge in [0, 0.05) is 37.1 Å².